The minimum absolute atomic E-state index is 0.0744. The molecule has 0 saturated carbocycles. The number of amides is 1. The molecule has 146 valence electrons. The lowest BCUT2D eigenvalue weighted by Crippen LogP contribution is -2.44. The molecule has 1 N–H and O–H groups in total. The van der Waals surface area contributed by atoms with Crippen molar-refractivity contribution in [3.63, 3.8) is 0 Å². The van der Waals surface area contributed by atoms with Gasteiger partial charge in [0.2, 0.25) is 15.9 Å². The monoisotopic (exact) mass is 407 g/mol. The maximum absolute atomic E-state index is 12.7. The first-order chi connectivity index (χ1) is 12.8. The summed E-state index contributed by atoms with van der Waals surface area (Å²) in [5.74, 6) is -0.224. The first-order valence-electron chi connectivity index (χ1n) is 9.15. The van der Waals surface area contributed by atoms with Crippen LogP contribution in [0.2, 0.25) is 0 Å². The van der Waals surface area contributed by atoms with Crippen molar-refractivity contribution in [2.75, 3.05) is 17.6 Å². The van der Waals surface area contributed by atoms with Gasteiger partial charge in [-0.2, -0.15) is 4.31 Å². The second kappa shape index (κ2) is 8.08. The highest BCUT2D eigenvalue weighted by molar-refractivity contribution is 7.89. The zero-order valence-corrected chi connectivity index (χ0v) is 17.5. The van der Waals surface area contributed by atoms with E-state index in [1.807, 2.05) is 18.4 Å². The standard InChI is InChI=1S/C19H25N3O3S2/c1-4-10-27(24,25)22-9-5-6-17(22)18(23)21-19-20-16(12-26-19)15-8-7-13(2)14(3)11-15/h7-8,11-12,17H,4-6,9-10H2,1-3H3,(H,20,21,23)/t17-/m0/s1. The van der Waals surface area contributed by atoms with Gasteiger partial charge in [-0.1, -0.05) is 19.1 Å². The molecule has 1 aromatic carbocycles. The highest BCUT2D eigenvalue weighted by Gasteiger charge is 2.38. The molecule has 1 aliphatic rings. The topological polar surface area (TPSA) is 79.4 Å². The summed E-state index contributed by atoms with van der Waals surface area (Å²) in [5.41, 5.74) is 4.22. The lowest BCUT2D eigenvalue weighted by atomic mass is 10.1. The summed E-state index contributed by atoms with van der Waals surface area (Å²) < 4.78 is 26.1. The van der Waals surface area contributed by atoms with Crippen LogP contribution in [-0.2, 0) is 14.8 Å². The summed E-state index contributed by atoms with van der Waals surface area (Å²) in [5, 5.41) is 5.20. The lowest BCUT2D eigenvalue weighted by molar-refractivity contribution is -0.119. The molecular formula is C19H25N3O3S2. The quantitative estimate of drug-likeness (QED) is 0.794. The Labute approximate surface area is 164 Å². The molecule has 0 spiro atoms. The Hall–Kier alpha value is -1.77. The van der Waals surface area contributed by atoms with E-state index >= 15 is 0 Å². The van der Waals surface area contributed by atoms with Crippen molar-refractivity contribution in [2.24, 2.45) is 0 Å². The smallest absolute Gasteiger partial charge is 0.244 e. The Morgan fingerprint density at radius 3 is 2.81 bits per heavy atom. The third-order valence-electron chi connectivity index (χ3n) is 4.86. The predicted octanol–water partition coefficient (Wildman–Crippen LogP) is 3.57. The fraction of sp³-hybridized carbons (Fsp3) is 0.474. The number of anilines is 1. The number of aryl methyl sites for hydroxylation is 2. The molecule has 2 heterocycles. The number of nitrogens with zero attached hydrogens (tertiary/aromatic N) is 2. The van der Waals surface area contributed by atoms with Gasteiger partial charge < -0.3 is 5.32 Å². The Morgan fingerprint density at radius 2 is 2.11 bits per heavy atom. The number of aromatic nitrogens is 1. The maximum Gasteiger partial charge on any atom is 0.244 e. The normalized spacial score (nSPS) is 18.0. The largest absolute Gasteiger partial charge is 0.301 e. The predicted molar refractivity (Wildman–Crippen MR) is 109 cm³/mol. The molecule has 1 saturated heterocycles. The number of hydrogen-bond acceptors (Lipinski definition) is 5. The number of carbonyl (C=O) groups excluding carboxylic acids is 1. The second-order valence-electron chi connectivity index (χ2n) is 6.91. The lowest BCUT2D eigenvalue weighted by Gasteiger charge is -2.22. The SMILES string of the molecule is CCCS(=O)(=O)N1CCC[C@H]1C(=O)Nc1nc(-c2ccc(C)c(C)c2)cs1. The molecule has 0 unspecified atom stereocenters. The van der Waals surface area contributed by atoms with Gasteiger partial charge in [-0.15, -0.1) is 11.3 Å². The molecule has 6 nitrogen and oxygen atoms in total. The number of benzene rings is 1. The zero-order chi connectivity index (χ0) is 19.6. The third kappa shape index (κ3) is 4.39. The van der Waals surface area contributed by atoms with Crippen molar-refractivity contribution in [2.45, 2.75) is 46.1 Å². The van der Waals surface area contributed by atoms with Crippen LogP contribution in [-0.4, -0.2) is 42.0 Å². The van der Waals surface area contributed by atoms with Crippen LogP contribution < -0.4 is 5.32 Å². The van der Waals surface area contributed by atoms with Gasteiger partial charge in [0.15, 0.2) is 5.13 Å². The molecule has 2 aromatic rings. The summed E-state index contributed by atoms with van der Waals surface area (Å²) in [6, 6.07) is 5.50. The van der Waals surface area contributed by atoms with E-state index in [0.717, 1.165) is 11.3 Å². The number of rotatable bonds is 6. The molecule has 0 aliphatic carbocycles. The van der Waals surface area contributed by atoms with Gasteiger partial charge in [0.1, 0.15) is 6.04 Å². The van der Waals surface area contributed by atoms with Gasteiger partial charge in [-0.25, -0.2) is 13.4 Å². The van der Waals surface area contributed by atoms with Crippen LogP contribution in [0.5, 0.6) is 0 Å². The summed E-state index contributed by atoms with van der Waals surface area (Å²) >= 11 is 1.35. The van der Waals surface area contributed by atoms with E-state index < -0.39 is 16.1 Å². The number of carbonyl (C=O) groups is 1. The van der Waals surface area contributed by atoms with E-state index in [1.165, 1.54) is 26.8 Å². The van der Waals surface area contributed by atoms with E-state index in [1.54, 1.807) is 0 Å². The summed E-state index contributed by atoms with van der Waals surface area (Å²) in [6.07, 6.45) is 1.79. The van der Waals surface area contributed by atoms with Gasteiger partial charge in [0.25, 0.3) is 0 Å². The molecule has 1 atom stereocenters. The minimum atomic E-state index is -3.39. The molecular weight excluding hydrogens is 382 g/mol. The molecule has 1 aromatic heterocycles. The van der Waals surface area contributed by atoms with Crippen LogP contribution in [0.4, 0.5) is 5.13 Å². The highest BCUT2D eigenvalue weighted by Crippen LogP contribution is 2.28. The van der Waals surface area contributed by atoms with Gasteiger partial charge in [-0.05, 0) is 50.3 Å². The van der Waals surface area contributed by atoms with E-state index in [9.17, 15) is 13.2 Å². The van der Waals surface area contributed by atoms with E-state index in [0.29, 0.717) is 30.9 Å². The van der Waals surface area contributed by atoms with E-state index in [-0.39, 0.29) is 11.7 Å². The van der Waals surface area contributed by atoms with Gasteiger partial charge in [0, 0.05) is 17.5 Å². The van der Waals surface area contributed by atoms with Gasteiger partial charge >= 0.3 is 0 Å². The molecule has 1 aliphatic heterocycles. The van der Waals surface area contributed by atoms with Crippen molar-refractivity contribution in [3.05, 3.63) is 34.7 Å². The molecule has 1 amide bonds. The molecule has 3 rings (SSSR count). The fourth-order valence-corrected chi connectivity index (χ4v) is 5.73. The maximum atomic E-state index is 12.7. The first-order valence-corrected chi connectivity index (χ1v) is 11.6. The van der Waals surface area contributed by atoms with Crippen molar-refractivity contribution < 1.29 is 13.2 Å². The number of nitrogens with one attached hydrogen (secondary N) is 1. The minimum Gasteiger partial charge on any atom is -0.301 e. The van der Waals surface area contributed by atoms with Crippen molar-refractivity contribution in [1.29, 1.82) is 0 Å². The summed E-state index contributed by atoms with van der Waals surface area (Å²) in [4.78, 5) is 17.2. The molecule has 27 heavy (non-hydrogen) atoms. The molecule has 0 radical (unpaired) electrons. The Balaban J connectivity index is 1.73. The highest BCUT2D eigenvalue weighted by atomic mass is 32.2. The van der Waals surface area contributed by atoms with Crippen molar-refractivity contribution >= 4 is 32.4 Å². The van der Waals surface area contributed by atoms with Crippen molar-refractivity contribution in [3.8, 4) is 11.3 Å². The van der Waals surface area contributed by atoms with Crippen LogP contribution in [0.1, 0.15) is 37.3 Å². The Bertz CT molecular complexity index is 937. The zero-order valence-electron chi connectivity index (χ0n) is 15.9. The number of sulfonamides is 1. The fourth-order valence-electron chi connectivity index (χ4n) is 3.26. The first kappa shape index (κ1) is 20.0. The number of hydrogen-bond donors (Lipinski definition) is 1. The molecule has 8 heteroatoms. The van der Waals surface area contributed by atoms with E-state index in [2.05, 4.69) is 36.3 Å². The van der Waals surface area contributed by atoms with Crippen LogP contribution in [0.25, 0.3) is 11.3 Å². The average molecular weight is 408 g/mol. The van der Waals surface area contributed by atoms with Gasteiger partial charge in [0.05, 0.1) is 11.4 Å². The summed E-state index contributed by atoms with van der Waals surface area (Å²) in [6.45, 7) is 6.35. The molecule has 1 fully saturated rings. The second-order valence-corrected chi connectivity index (χ2v) is 9.81. The van der Waals surface area contributed by atoms with Crippen LogP contribution in [0.15, 0.2) is 23.6 Å². The van der Waals surface area contributed by atoms with Crippen LogP contribution in [0.3, 0.4) is 0 Å². The Morgan fingerprint density at radius 1 is 1.33 bits per heavy atom. The van der Waals surface area contributed by atoms with Crippen molar-refractivity contribution in [1.82, 2.24) is 9.29 Å². The van der Waals surface area contributed by atoms with Gasteiger partial charge in [-0.3, -0.25) is 4.79 Å². The van der Waals surface area contributed by atoms with Crippen LogP contribution >= 0.6 is 11.3 Å². The van der Waals surface area contributed by atoms with Crippen LogP contribution in [0, 0.1) is 13.8 Å². The third-order valence-corrected chi connectivity index (χ3v) is 7.70. The van der Waals surface area contributed by atoms with E-state index in [4.69, 9.17) is 0 Å². The number of thiazole rings is 1. The average Bonchev–Trinajstić information content (AvgIpc) is 3.27. The Kier molecular flexibility index (Phi) is 5.98. The molecule has 0 bridgehead atoms. The summed E-state index contributed by atoms with van der Waals surface area (Å²) in [7, 11) is -3.39.